The molecular weight excluding hydrogens is 260 g/mol. The summed E-state index contributed by atoms with van der Waals surface area (Å²) in [5.41, 5.74) is 0. The highest BCUT2D eigenvalue weighted by Gasteiger charge is 2.13. The van der Waals surface area contributed by atoms with Crippen LogP contribution in [0.3, 0.4) is 0 Å². The van der Waals surface area contributed by atoms with E-state index in [-0.39, 0.29) is 17.7 Å². The third-order valence-corrected chi connectivity index (χ3v) is 3.15. The van der Waals surface area contributed by atoms with Gasteiger partial charge in [-0.15, -0.1) is 0 Å². The number of pyridine rings is 1. The van der Waals surface area contributed by atoms with Gasteiger partial charge in [0.05, 0.1) is 0 Å². The van der Waals surface area contributed by atoms with Crippen molar-refractivity contribution in [3.63, 3.8) is 0 Å². The van der Waals surface area contributed by atoms with Gasteiger partial charge in [-0.25, -0.2) is 13.8 Å². The second-order valence-electron chi connectivity index (χ2n) is 5.07. The number of hydrogen-bond acceptors (Lipinski definition) is 3. The number of nitrogens with one attached hydrogen (secondary N) is 2. The van der Waals surface area contributed by atoms with Gasteiger partial charge in [-0.1, -0.05) is 32.6 Å². The minimum absolute atomic E-state index is 0.0922. The van der Waals surface area contributed by atoms with Gasteiger partial charge in [-0.05, 0) is 20.3 Å². The molecule has 1 aromatic heterocycles. The van der Waals surface area contributed by atoms with E-state index in [0.717, 1.165) is 18.9 Å². The first kappa shape index (κ1) is 16.7. The molecule has 0 bridgehead atoms. The molecule has 1 rings (SSSR count). The van der Waals surface area contributed by atoms with Crippen LogP contribution in [0.2, 0.25) is 0 Å². The highest BCUT2D eigenvalue weighted by atomic mass is 19.1. The molecular formula is C15H25F2N3. The molecule has 3 nitrogen and oxygen atoms in total. The summed E-state index contributed by atoms with van der Waals surface area (Å²) in [6.07, 6.45) is 5.66. The van der Waals surface area contributed by atoms with Crippen LogP contribution in [0.1, 0.15) is 52.9 Å². The van der Waals surface area contributed by atoms with Crippen LogP contribution in [-0.2, 0) is 0 Å². The van der Waals surface area contributed by atoms with Crippen LogP contribution in [-0.4, -0.2) is 17.6 Å². The molecule has 0 fully saturated rings. The van der Waals surface area contributed by atoms with Crippen molar-refractivity contribution in [3.05, 3.63) is 17.7 Å². The largest absolute Gasteiger partial charge is 0.368 e. The Balaban J connectivity index is 2.59. The molecule has 0 saturated carbocycles. The van der Waals surface area contributed by atoms with E-state index in [1.807, 2.05) is 13.8 Å². The topological polar surface area (TPSA) is 37.0 Å². The molecule has 5 heteroatoms. The summed E-state index contributed by atoms with van der Waals surface area (Å²) < 4.78 is 27.1. The minimum Gasteiger partial charge on any atom is -0.368 e. The Hall–Kier alpha value is -1.39. The van der Waals surface area contributed by atoms with Gasteiger partial charge in [0.25, 0.3) is 0 Å². The molecule has 0 aliphatic carbocycles. The lowest BCUT2D eigenvalue weighted by atomic mass is 10.1. The molecule has 0 spiro atoms. The molecule has 0 aliphatic rings. The van der Waals surface area contributed by atoms with E-state index in [1.54, 1.807) is 0 Å². The first-order valence-corrected chi connectivity index (χ1v) is 7.44. The van der Waals surface area contributed by atoms with Crippen LogP contribution in [0.25, 0.3) is 0 Å². The quantitative estimate of drug-likeness (QED) is 0.653. The van der Waals surface area contributed by atoms with Crippen molar-refractivity contribution in [2.75, 3.05) is 17.2 Å². The Kier molecular flexibility index (Phi) is 7.26. The van der Waals surface area contributed by atoms with Crippen LogP contribution in [0, 0.1) is 11.6 Å². The summed E-state index contributed by atoms with van der Waals surface area (Å²) in [4.78, 5) is 3.97. The third-order valence-electron chi connectivity index (χ3n) is 3.15. The highest BCUT2D eigenvalue weighted by molar-refractivity contribution is 5.47. The molecule has 0 aliphatic heterocycles. The zero-order valence-corrected chi connectivity index (χ0v) is 12.6. The van der Waals surface area contributed by atoms with Crippen molar-refractivity contribution in [2.45, 2.75) is 58.9 Å². The standard InChI is InChI=1S/C15H25F2N3/c1-4-6-7-8-9-11(3)19-15-13(17)10-12(16)14(20-15)18-5-2/h10-11H,4-9H2,1-3H3,(H2,18,19,20). The number of hydrogen-bond donors (Lipinski definition) is 2. The summed E-state index contributed by atoms with van der Waals surface area (Å²) in [6.45, 7) is 6.54. The monoisotopic (exact) mass is 285 g/mol. The first-order chi connectivity index (χ1) is 9.58. The van der Waals surface area contributed by atoms with Gasteiger partial charge in [0.1, 0.15) is 0 Å². The van der Waals surface area contributed by atoms with Crippen LogP contribution < -0.4 is 10.6 Å². The Bertz CT molecular complexity index is 410. The van der Waals surface area contributed by atoms with Gasteiger partial charge in [0, 0.05) is 18.7 Å². The molecule has 2 N–H and O–H groups in total. The molecule has 0 aromatic carbocycles. The van der Waals surface area contributed by atoms with Crippen LogP contribution in [0.5, 0.6) is 0 Å². The van der Waals surface area contributed by atoms with Gasteiger partial charge >= 0.3 is 0 Å². The average molecular weight is 285 g/mol. The maximum absolute atomic E-state index is 13.7. The van der Waals surface area contributed by atoms with E-state index < -0.39 is 11.6 Å². The predicted octanol–water partition coefficient (Wildman–Crippen LogP) is 4.56. The Morgan fingerprint density at radius 1 is 1.10 bits per heavy atom. The van der Waals surface area contributed by atoms with E-state index in [9.17, 15) is 8.78 Å². The molecule has 1 atom stereocenters. The third kappa shape index (κ3) is 5.31. The molecule has 20 heavy (non-hydrogen) atoms. The summed E-state index contributed by atoms with van der Waals surface area (Å²) >= 11 is 0. The van der Waals surface area contributed by atoms with Crippen LogP contribution in [0.15, 0.2) is 6.07 Å². The summed E-state index contributed by atoms with van der Waals surface area (Å²) in [6, 6.07) is 0.991. The van der Waals surface area contributed by atoms with E-state index in [2.05, 4.69) is 22.5 Å². The number of aromatic nitrogens is 1. The number of unbranched alkanes of at least 4 members (excludes halogenated alkanes) is 3. The number of rotatable bonds is 9. The molecule has 0 radical (unpaired) electrons. The molecule has 114 valence electrons. The zero-order valence-electron chi connectivity index (χ0n) is 12.6. The second kappa shape index (κ2) is 8.72. The minimum atomic E-state index is -0.662. The van der Waals surface area contributed by atoms with E-state index in [1.165, 1.54) is 19.3 Å². The van der Waals surface area contributed by atoms with Gasteiger partial charge in [-0.2, -0.15) is 0 Å². The normalized spacial score (nSPS) is 12.2. The Morgan fingerprint density at radius 3 is 2.45 bits per heavy atom. The van der Waals surface area contributed by atoms with E-state index in [0.29, 0.717) is 6.54 Å². The lowest BCUT2D eigenvalue weighted by molar-refractivity contribution is 0.566. The van der Waals surface area contributed by atoms with Crippen LogP contribution >= 0.6 is 0 Å². The van der Waals surface area contributed by atoms with Crippen molar-refractivity contribution in [3.8, 4) is 0 Å². The average Bonchev–Trinajstić information content (AvgIpc) is 2.40. The van der Waals surface area contributed by atoms with Crippen molar-refractivity contribution in [1.82, 2.24) is 4.98 Å². The molecule has 1 heterocycles. The Morgan fingerprint density at radius 2 is 1.80 bits per heavy atom. The van der Waals surface area contributed by atoms with Crippen molar-refractivity contribution in [2.24, 2.45) is 0 Å². The lowest BCUT2D eigenvalue weighted by Crippen LogP contribution is -2.18. The molecule has 1 aromatic rings. The number of halogens is 2. The van der Waals surface area contributed by atoms with E-state index >= 15 is 0 Å². The van der Waals surface area contributed by atoms with Crippen molar-refractivity contribution in [1.29, 1.82) is 0 Å². The predicted molar refractivity (Wildman–Crippen MR) is 80.2 cm³/mol. The number of nitrogens with zero attached hydrogens (tertiary/aromatic N) is 1. The van der Waals surface area contributed by atoms with Gasteiger partial charge in [-0.3, -0.25) is 0 Å². The fraction of sp³-hybridized carbons (Fsp3) is 0.667. The summed E-state index contributed by atoms with van der Waals surface area (Å²) in [7, 11) is 0. The lowest BCUT2D eigenvalue weighted by Gasteiger charge is -2.16. The van der Waals surface area contributed by atoms with E-state index in [4.69, 9.17) is 0 Å². The fourth-order valence-electron chi connectivity index (χ4n) is 2.04. The van der Waals surface area contributed by atoms with Gasteiger partial charge in [0.15, 0.2) is 23.3 Å². The van der Waals surface area contributed by atoms with Gasteiger partial charge < -0.3 is 10.6 Å². The summed E-state index contributed by atoms with van der Waals surface area (Å²) in [5.74, 6) is -1.10. The van der Waals surface area contributed by atoms with Gasteiger partial charge in [0.2, 0.25) is 0 Å². The maximum atomic E-state index is 13.7. The Labute approximate surface area is 120 Å². The highest BCUT2D eigenvalue weighted by Crippen LogP contribution is 2.20. The second-order valence-corrected chi connectivity index (χ2v) is 5.07. The van der Waals surface area contributed by atoms with Crippen molar-refractivity contribution < 1.29 is 8.78 Å². The van der Waals surface area contributed by atoms with Crippen molar-refractivity contribution >= 4 is 11.6 Å². The zero-order chi connectivity index (χ0) is 15.0. The molecule has 1 unspecified atom stereocenters. The smallest absolute Gasteiger partial charge is 0.168 e. The molecule has 0 saturated heterocycles. The fourth-order valence-corrected chi connectivity index (χ4v) is 2.04. The summed E-state index contributed by atoms with van der Waals surface area (Å²) in [5, 5.41) is 5.80. The first-order valence-electron chi connectivity index (χ1n) is 7.44. The molecule has 0 amide bonds. The number of anilines is 2. The van der Waals surface area contributed by atoms with Crippen LogP contribution in [0.4, 0.5) is 20.4 Å². The maximum Gasteiger partial charge on any atom is 0.168 e. The SMILES string of the molecule is CCCCCCC(C)Nc1nc(NCC)c(F)cc1F.